The molecule has 0 aromatic heterocycles. The van der Waals surface area contributed by atoms with Crippen molar-refractivity contribution in [3.63, 3.8) is 0 Å². The summed E-state index contributed by atoms with van der Waals surface area (Å²) in [5.74, 6) is -0.810. The fourth-order valence-electron chi connectivity index (χ4n) is 2.44. The summed E-state index contributed by atoms with van der Waals surface area (Å²) >= 11 is 3.32. The smallest absolute Gasteiger partial charge is 0.414 e. The molecule has 0 aliphatic carbocycles. The van der Waals surface area contributed by atoms with Crippen molar-refractivity contribution >= 4 is 39.3 Å². The molecular formula is C16H20BrFN2O3. The molecule has 2 amide bonds. The molecule has 2 rings (SSSR count). The summed E-state index contributed by atoms with van der Waals surface area (Å²) in [5.41, 5.74) is 1.21. The van der Waals surface area contributed by atoms with Gasteiger partial charge in [0.1, 0.15) is 10.1 Å². The van der Waals surface area contributed by atoms with Gasteiger partial charge in [-0.15, -0.1) is 0 Å². The van der Waals surface area contributed by atoms with E-state index in [0.717, 1.165) is 12.8 Å². The lowest BCUT2D eigenvalue weighted by Gasteiger charge is -2.23. The van der Waals surface area contributed by atoms with Gasteiger partial charge in [0.2, 0.25) is 5.91 Å². The van der Waals surface area contributed by atoms with Crippen LogP contribution in [0.5, 0.6) is 0 Å². The Balaban J connectivity index is 2.39. The van der Waals surface area contributed by atoms with E-state index < -0.39 is 16.2 Å². The summed E-state index contributed by atoms with van der Waals surface area (Å²) in [7, 11) is 0. The van der Waals surface area contributed by atoms with Gasteiger partial charge in [-0.3, -0.25) is 9.69 Å². The third kappa shape index (κ3) is 3.34. The lowest BCUT2D eigenvalue weighted by molar-refractivity contribution is -0.117. The molecule has 1 heterocycles. The molecule has 1 aromatic carbocycles. The Hall–Kier alpha value is -1.63. The number of hydrogen-bond donors (Lipinski definition) is 1. The van der Waals surface area contributed by atoms with Crippen LogP contribution in [0.1, 0.15) is 39.2 Å². The first-order valence-electron chi connectivity index (χ1n) is 7.61. The van der Waals surface area contributed by atoms with Crippen LogP contribution in [-0.4, -0.2) is 25.2 Å². The number of anilines is 2. The maximum atomic E-state index is 14.0. The average molecular weight is 387 g/mol. The highest BCUT2D eigenvalue weighted by atomic mass is 79.9. The van der Waals surface area contributed by atoms with Crippen molar-refractivity contribution in [2.45, 2.75) is 37.9 Å². The summed E-state index contributed by atoms with van der Waals surface area (Å²) in [6.45, 7) is 6.02. The third-order valence-corrected chi connectivity index (χ3v) is 4.59. The Morgan fingerprint density at radius 3 is 2.74 bits per heavy atom. The van der Waals surface area contributed by atoms with Crippen LogP contribution in [0.15, 0.2) is 12.1 Å². The van der Waals surface area contributed by atoms with Crippen LogP contribution in [0.25, 0.3) is 0 Å². The van der Waals surface area contributed by atoms with E-state index >= 15 is 0 Å². The topological polar surface area (TPSA) is 58.6 Å². The van der Waals surface area contributed by atoms with Crippen LogP contribution in [0.3, 0.4) is 0 Å². The molecule has 126 valence electrons. The number of hydrogen-bond acceptors (Lipinski definition) is 3. The van der Waals surface area contributed by atoms with Crippen LogP contribution >= 0.6 is 15.9 Å². The largest absolute Gasteiger partial charge is 0.449 e. The second-order valence-corrected chi connectivity index (χ2v) is 7.10. The van der Waals surface area contributed by atoms with Gasteiger partial charge in [0.05, 0.1) is 18.0 Å². The Labute approximate surface area is 143 Å². The molecule has 1 unspecified atom stereocenters. The lowest BCUT2D eigenvalue weighted by atomic mass is 10.0. The summed E-state index contributed by atoms with van der Waals surface area (Å²) in [5, 5.41) is 2.72. The number of fused-ring (bicyclic) bond motifs is 1. The van der Waals surface area contributed by atoms with Crippen LogP contribution in [-0.2, 0) is 13.9 Å². The minimum Gasteiger partial charge on any atom is -0.449 e. The van der Waals surface area contributed by atoms with Gasteiger partial charge < -0.3 is 10.1 Å². The van der Waals surface area contributed by atoms with Crippen LogP contribution in [0, 0.1) is 5.82 Å². The number of carbonyl (C=O) groups excluding carboxylic acids is 2. The lowest BCUT2D eigenvalue weighted by Crippen LogP contribution is -2.32. The van der Waals surface area contributed by atoms with Gasteiger partial charge in [0.15, 0.2) is 0 Å². The molecule has 1 atom stereocenters. The minimum atomic E-state index is -1.02. The van der Waals surface area contributed by atoms with E-state index in [1.165, 1.54) is 17.0 Å². The van der Waals surface area contributed by atoms with Crippen LogP contribution in [0.4, 0.5) is 20.6 Å². The number of rotatable bonds is 5. The van der Waals surface area contributed by atoms with Gasteiger partial charge >= 0.3 is 6.09 Å². The van der Waals surface area contributed by atoms with Crippen molar-refractivity contribution in [3.05, 3.63) is 23.5 Å². The maximum Gasteiger partial charge on any atom is 0.414 e. The van der Waals surface area contributed by atoms with Crippen LogP contribution < -0.4 is 10.2 Å². The molecule has 0 saturated carbocycles. The molecule has 23 heavy (non-hydrogen) atoms. The van der Waals surface area contributed by atoms with Crippen molar-refractivity contribution < 1.29 is 18.7 Å². The Morgan fingerprint density at radius 1 is 1.43 bits per heavy atom. The molecule has 7 heteroatoms. The molecular weight excluding hydrogens is 367 g/mol. The second kappa shape index (κ2) is 6.86. The number of nitrogens with zero attached hydrogens (tertiary/aromatic N) is 1. The maximum absolute atomic E-state index is 14.0. The van der Waals surface area contributed by atoms with Gasteiger partial charge in [-0.05, 0) is 32.4 Å². The summed E-state index contributed by atoms with van der Waals surface area (Å²) in [6.07, 6.45) is 1.12. The predicted molar refractivity (Wildman–Crippen MR) is 90.6 cm³/mol. The molecule has 1 N–H and O–H groups in total. The predicted octanol–water partition coefficient (Wildman–Crippen LogP) is 4.15. The molecule has 0 spiro atoms. The van der Waals surface area contributed by atoms with E-state index in [2.05, 4.69) is 21.2 Å². The fourth-order valence-corrected chi connectivity index (χ4v) is 2.85. The monoisotopic (exact) mass is 386 g/mol. The standard InChI is InChI=1S/C16H20BrFN2O3/c1-4-6-7-23-15(22)20(5-2)12-9-10(18)8-11-13(12)19-14(21)16(11,3)17/h8-9H,4-7H2,1-3H3,(H,19,21). The molecule has 0 bridgehead atoms. The highest BCUT2D eigenvalue weighted by molar-refractivity contribution is 9.10. The Bertz CT molecular complexity index is 634. The normalized spacial score (nSPS) is 19.3. The Morgan fingerprint density at radius 2 is 2.13 bits per heavy atom. The van der Waals surface area contributed by atoms with E-state index in [9.17, 15) is 14.0 Å². The second-order valence-electron chi connectivity index (χ2n) is 5.52. The number of halogens is 2. The van der Waals surface area contributed by atoms with Crippen molar-refractivity contribution in [3.8, 4) is 0 Å². The quantitative estimate of drug-likeness (QED) is 0.610. The first-order chi connectivity index (χ1) is 10.8. The van der Waals surface area contributed by atoms with Gasteiger partial charge in [-0.2, -0.15) is 0 Å². The van der Waals surface area contributed by atoms with Gasteiger partial charge in [0.25, 0.3) is 0 Å². The zero-order chi connectivity index (χ0) is 17.2. The number of amides is 2. The Kier molecular flexibility index (Phi) is 5.29. The molecule has 1 aliphatic heterocycles. The molecule has 0 saturated heterocycles. The van der Waals surface area contributed by atoms with Gasteiger partial charge in [-0.25, -0.2) is 9.18 Å². The summed E-state index contributed by atoms with van der Waals surface area (Å²) in [6, 6.07) is 2.53. The third-order valence-electron chi connectivity index (χ3n) is 3.80. The summed E-state index contributed by atoms with van der Waals surface area (Å²) < 4.78 is 18.2. The van der Waals surface area contributed by atoms with Crippen LogP contribution in [0.2, 0.25) is 0 Å². The average Bonchev–Trinajstić information content (AvgIpc) is 2.71. The van der Waals surface area contributed by atoms with Crippen molar-refractivity contribution in [1.82, 2.24) is 0 Å². The molecule has 1 aromatic rings. The minimum absolute atomic E-state index is 0.297. The van der Waals surface area contributed by atoms with E-state index in [1.807, 2.05) is 6.92 Å². The van der Waals surface area contributed by atoms with E-state index in [-0.39, 0.29) is 5.91 Å². The first-order valence-corrected chi connectivity index (χ1v) is 8.40. The molecule has 1 aliphatic rings. The number of ether oxygens (including phenoxy) is 1. The van der Waals surface area contributed by atoms with E-state index in [1.54, 1.807) is 13.8 Å². The SMILES string of the molecule is CCCCOC(=O)N(CC)c1cc(F)cc2c1NC(=O)C2(C)Br. The summed E-state index contributed by atoms with van der Waals surface area (Å²) in [4.78, 5) is 25.7. The van der Waals surface area contributed by atoms with Gasteiger partial charge in [0, 0.05) is 12.1 Å². The van der Waals surface area contributed by atoms with E-state index in [4.69, 9.17) is 4.74 Å². The highest BCUT2D eigenvalue weighted by Gasteiger charge is 2.43. The first kappa shape index (κ1) is 17.7. The van der Waals surface area contributed by atoms with E-state index in [0.29, 0.717) is 30.1 Å². The number of unbranched alkanes of at least 4 members (excludes halogenated alkanes) is 1. The highest BCUT2D eigenvalue weighted by Crippen LogP contribution is 2.47. The number of carbonyl (C=O) groups is 2. The molecule has 0 radical (unpaired) electrons. The zero-order valence-corrected chi connectivity index (χ0v) is 15.0. The van der Waals surface area contributed by atoms with Gasteiger partial charge in [-0.1, -0.05) is 29.3 Å². The molecule has 0 fully saturated rings. The van der Waals surface area contributed by atoms with Crippen molar-refractivity contribution in [1.29, 1.82) is 0 Å². The van der Waals surface area contributed by atoms with Crippen molar-refractivity contribution in [2.75, 3.05) is 23.4 Å². The zero-order valence-electron chi connectivity index (χ0n) is 13.4. The van der Waals surface area contributed by atoms with Crippen molar-refractivity contribution in [2.24, 2.45) is 0 Å². The number of benzene rings is 1. The molecule has 5 nitrogen and oxygen atoms in total. The number of alkyl halides is 1. The fraction of sp³-hybridized carbons (Fsp3) is 0.500. The number of nitrogens with one attached hydrogen (secondary N) is 1.